The minimum Gasteiger partial charge on any atom is -0.444 e. The molecule has 0 saturated heterocycles. The van der Waals surface area contributed by atoms with Crippen LogP contribution in [-0.4, -0.2) is 52.9 Å². The Morgan fingerprint density at radius 2 is 1.81 bits per heavy atom. The number of carbonyl (C=O) groups is 4. The number of nitrogens with one attached hydrogen (secondary N) is 2. The van der Waals surface area contributed by atoms with E-state index in [0.717, 1.165) is 28.9 Å². The summed E-state index contributed by atoms with van der Waals surface area (Å²) >= 11 is 0. The van der Waals surface area contributed by atoms with Crippen molar-refractivity contribution in [2.45, 2.75) is 91.5 Å². The summed E-state index contributed by atoms with van der Waals surface area (Å²) in [7, 11) is 0. The predicted molar refractivity (Wildman–Crippen MR) is 135 cm³/mol. The van der Waals surface area contributed by atoms with E-state index in [1.807, 2.05) is 45.9 Å². The lowest BCUT2D eigenvalue weighted by Crippen LogP contribution is -2.54. The average molecular weight is 502 g/mol. The van der Waals surface area contributed by atoms with Gasteiger partial charge in [-0.1, -0.05) is 37.1 Å². The first kappa shape index (κ1) is 30.4. The molecule has 10 nitrogen and oxygen atoms in total. The fourth-order valence-corrected chi connectivity index (χ4v) is 3.83. The summed E-state index contributed by atoms with van der Waals surface area (Å²) in [5.74, 6) is -2.11. The topological polar surface area (TPSA) is 155 Å². The van der Waals surface area contributed by atoms with Gasteiger partial charge < -0.3 is 26.0 Å². The molecule has 0 spiro atoms. The molecule has 0 saturated carbocycles. The number of benzene rings is 1. The number of amides is 4. The lowest BCUT2D eigenvalue weighted by molar-refractivity contribution is -0.142. The van der Waals surface area contributed by atoms with Crippen molar-refractivity contribution in [3.05, 3.63) is 34.9 Å². The highest BCUT2D eigenvalue weighted by atomic mass is 16.6. The zero-order valence-electron chi connectivity index (χ0n) is 22.3. The highest BCUT2D eigenvalue weighted by molar-refractivity contribution is 5.94. The molecule has 0 aliphatic carbocycles. The SMILES string of the molecule is CCCC(C)NC(=O)C(c1ccc(C)cc1C)N(CC#N)C(=O)C(CC(N)=O)NC(=O)OC(C)(C)C. The minimum atomic E-state index is -1.43. The van der Waals surface area contributed by atoms with Gasteiger partial charge in [0.2, 0.25) is 17.7 Å². The molecular formula is C26H39N5O5. The maximum absolute atomic E-state index is 13.7. The van der Waals surface area contributed by atoms with Crippen molar-refractivity contribution in [2.75, 3.05) is 6.54 Å². The lowest BCUT2D eigenvalue weighted by Gasteiger charge is -2.34. The number of primary amides is 1. The third-order valence-electron chi connectivity index (χ3n) is 5.31. The van der Waals surface area contributed by atoms with E-state index in [-0.39, 0.29) is 6.04 Å². The van der Waals surface area contributed by atoms with Crippen LogP contribution < -0.4 is 16.4 Å². The number of aryl methyl sites for hydroxylation is 2. The number of hydrogen-bond acceptors (Lipinski definition) is 6. The van der Waals surface area contributed by atoms with E-state index in [2.05, 4.69) is 10.6 Å². The van der Waals surface area contributed by atoms with E-state index in [1.54, 1.807) is 26.8 Å². The summed E-state index contributed by atoms with van der Waals surface area (Å²) in [4.78, 5) is 52.5. The van der Waals surface area contributed by atoms with Gasteiger partial charge in [-0.25, -0.2) is 4.79 Å². The largest absolute Gasteiger partial charge is 0.444 e. The number of nitrogens with two attached hydrogens (primary N) is 1. The Bertz CT molecular complexity index is 995. The summed E-state index contributed by atoms with van der Waals surface area (Å²) < 4.78 is 5.23. The van der Waals surface area contributed by atoms with Gasteiger partial charge in [0.15, 0.2) is 0 Å². The van der Waals surface area contributed by atoms with Crippen molar-refractivity contribution in [3.8, 4) is 6.07 Å². The van der Waals surface area contributed by atoms with E-state index >= 15 is 0 Å². The Labute approximate surface area is 213 Å². The molecule has 10 heteroatoms. The van der Waals surface area contributed by atoms with Gasteiger partial charge in [-0.15, -0.1) is 0 Å². The van der Waals surface area contributed by atoms with Crippen molar-refractivity contribution in [1.82, 2.24) is 15.5 Å². The van der Waals surface area contributed by atoms with Gasteiger partial charge in [0.1, 0.15) is 24.2 Å². The second-order valence-corrected chi connectivity index (χ2v) is 9.95. The molecule has 0 bridgehead atoms. The van der Waals surface area contributed by atoms with Crippen LogP contribution in [0.2, 0.25) is 0 Å². The van der Waals surface area contributed by atoms with E-state index < -0.39 is 54.5 Å². The van der Waals surface area contributed by atoms with Crippen molar-refractivity contribution < 1.29 is 23.9 Å². The molecule has 1 aromatic carbocycles. The summed E-state index contributed by atoms with van der Waals surface area (Å²) in [6, 6.07) is 4.58. The van der Waals surface area contributed by atoms with E-state index in [0.29, 0.717) is 5.56 Å². The fourth-order valence-electron chi connectivity index (χ4n) is 3.83. The maximum atomic E-state index is 13.7. The van der Waals surface area contributed by atoms with Gasteiger partial charge in [0.25, 0.3) is 0 Å². The van der Waals surface area contributed by atoms with Gasteiger partial charge in [-0.2, -0.15) is 5.26 Å². The molecule has 198 valence electrons. The molecular weight excluding hydrogens is 462 g/mol. The summed E-state index contributed by atoms with van der Waals surface area (Å²) in [6.45, 7) is 12.1. The van der Waals surface area contributed by atoms with Crippen LogP contribution in [0, 0.1) is 25.2 Å². The zero-order valence-corrected chi connectivity index (χ0v) is 22.3. The molecule has 0 aromatic heterocycles. The van der Waals surface area contributed by atoms with E-state index in [4.69, 9.17) is 10.5 Å². The van der Waals surface area contributed by atoms with Crippen molar-refractivity contribution >= 4 is 23.8 Å². The Morgan fingerprint density at radius 1 is 1.17 bits per heavy atom. The Balaban J connectivity index is 3.52. The number of carbonyl (C=O) groups excluding carboxylic acids is 4. The number of nitrogens with zero attached hydrogens (tertiary/aromatic N) is 2. The Morgan fingerprint density at radius 3 is 2.31 bits per heavy atom. The predicted octanol–water partition coefficient (Wildman–Crippen LogP) is 2.77. The number of ether oxygens (including phenoxy) is 1. The van der Waals surface area contributed by atoms with Crippen LogP contribution in [0.15, 0.2) is 18.2 Å². The van der Waals surface area contributed by atoms with Crippen LogP contribution in [0.1, 0.15) is 76.6 Å². The van der Waals surface area contributed by atoms with Crippen LogP contribution in [0.5, 0.6) is 0 Å². The molecule has 0 radical (unpaired) electrons. The van der Waals surface area contributed by atoms with Crippen LogP contribution >= 0.6 is 0 Å². The van der Waals surface area contributed by atoms with Gasteiger partial charge in [0.05, 0.1) is 12.5 Å². The van der Waals surface area contributed by atoms with Crippen LogP contribution in [0.3, 0.4) is 0 Å². The third kappa shape index (κ3) is 9.56. The Kier molecular flexibility index (Phi) is 11.4. The molecule has 0 aliphatic rings. The standard InChI is InChI=1S/C26H39N5O5/c1-8-9-18(4)29-23(33)22(19-11-10-16(2)14-17(19)3)31(13-12-27)24(34)20(15-21(28)32)30-25(35)36-26(5,6)7/h10-11,14,18,20,22H,8-9,13,15H2,1-7H3,(H2,28,32)(H,29,33)(H,30,35). The number of alkyl carbamates (subject to hydrolysis) is 1. The van der Waals surface area contributed by atoms with E-state index in [9.17, 15) is 24.4 Å². The van der Waals surface area contributed by atoms with Gasteiger partial charge >= 0.3 is 6.09 Å². The smallest absolute Gasteiger partial charge is 0.408 e. The molecule has 0 aliphatic heterocycles. The number of hydrogen-bond donors (Lipinski definition) is 3. The van der Waals surface area contributed by atoms with Crippen LogP contribution in [-0.2, 0) is 19.1 Å². The summed E-state index contributed by atoms with van der Waals surface area (Å²) in [6.07, 6.45) is 0.107. The van der Waals surface area contributed by atoms with Crippen LogP contribution in [0.4, 0.5) is 4.79 Å². The van der Waals surface area contributed by atoms with Crippen molar-refractivity contribution in [1.29, 1.82) is 5.26 Å². The molecule has 36 heavy (non-hydrogen) atoms. The monoisotopic (exact) mass is 501 g/mol. The fraction of sp³-hybridized carbons (Fsp3) is 0.577. The van der Waals surface area contributed by atoms with Crippen LogP contribution in [0.25, 0.3) is 0 Å². The van der Waals surface area contributed by atoms with Gasteiger partial charge in [-0.3, -0.25) is 14.4 Å². The van der Waals surface area contributed by atoms with Gasteiger partial charge in [0, 0.05) is 6.04 Å². The van der Waals surface area contributed by atoms with E-state index in [1.165, 1.54) is 0 Å². The molecule has 3 unspecified atom stereocenters. The molecule has 1 rings (SSSR count). The molecule has 4 N–H and O–H groups in total. The molecule has 3 atom stereocenters. The summed E-state index contributed by atoms with van der Waals surface area (Å²) in [5, 5.41) is 14.9. The number of rotatable bonds is 11. The highest BCUT2D eigenvalue weighted by Gasteiger charge is 2.37. The Hall–Kier alpha value is -3.61. The second kappa shape index (κ2) is 13.5. The average Bonchev–Trinajstić information content (AvgIpc) is 2.72. The third-order valence-corrected chi connectivity index (χ3v) is 5.31. The first-order valence-electron chi connectivity index (χ1n) is 12.0. The molecule has 0 heterocycles. The first-order valence-corrected chi connectivity index (χ1v) is 12.0. The van der Waals surface area contributed by atoms with Crippen molar-refractivity contribution in [2.24, 2.45) is 5.73 Å². The highest BCUT2D eigenvalue weighted by Crippen LogP contribution is 2.27. The van der Waals surface area contributed by atoms with Crippen molar-refractivity contribution in [3.63, 3.8) is 0 Å². The molecule has 1 aromatic rings. The lowest BCUT2D eigenvalue weighted by atomic mass is 9.96. The molecule has 4 amide bonds. The summed E-state index contributed by atoms with van der Waals surface area (Å²) in [5.41, 5.74) is 6.74. The zero-order chi connectivity index (χ0) is 27.6. The van der Waals surface area contributed by atoms with Gasteiger partial charge in [-0.05, 0) is 59.1 Å². The maximum Gasteiger partial charge on any atom is 0.408 e. The molecule has 0 fully saturated rings. The normalized spacial score (nSPS) is 13.5. The first-order chi connectivity index (χ1) is 16.7. The quantitative estimate of drug-likeness (QED) is 0.396. The second-order valence-electron chi connectivity index (χ2n) is 9.95. The minimum absolute atomic E-state index is 0.170. The number of nitriles is 1.